The van der Waals surface area contributed by atoms with Crippen LogP contribution in [0.2, 0.25) is 5.02 Å². The van der Waals surface area contributed by atoms with Crippen LogP contribution in [-0.2, 0) is 15.4 Å². The van der Waals surface area contributed by atoms with E-state index >= 15 is 0 Å². The number of amides is 2. The molecule has 0 unspecified atom stereocenters. The Labute approximate surface area is 190 Å². The SMILES string of the molecule is CC(C)(C)c1ccc(S(=O)(=O)Nc2ccc(Cl)c3c2C(=O)N(c2cncnc2)C3=O)cc1. The van der Waals surface area contributed by atoms with Gasteiger partial charge in [0, 0.05) is 0 Å². The molecule has 0 radical (unpaired) electrons. The van der Waals surface area contributed by atoms with Crippen LogP contribution < -0.4 is 9.62 Å². The maximum absolute atomic E-state index is 13.1. The molecule has 0 saturated heterocycles. The van der Waals surface area contributed by atoms with Gasteiger partial charge in [0.1, 0.15) is 6.33 Å². The van der Waals surface area contributed by atoms with Gasteiger partial charge in [0.05, 0.1) is 44.8 Å². The molecule has 0 spiro atoms. The summed E-state index contributed by atoms with van der Waals surface area (Å²) in [6, 6.07) is 9.22. The standard InChI is InChI=1S/C22H19ClN4O4S/c1-22(2,3)13-4-6-15(7-5-13)32(30,31)26-17-9-8-16(23)18-19(17)21(29)27(20(18)28)14-10-24-12-25-11-14/h4-12,26H,1-3H3. The molecule has 0 bridgehead atoms. The first-order valence-electron chi connectivity index (χ1n) is 9.60. The van der Waals surface area contributed by atoms with Gasteiger partial charge >= 0.3 is 0 Å². The van der Waals surface area contributed by atoms with Crippen molar-refractivity contribution in [1.29, 1.82) is 0 Å². The highest BCUT2D eigenvalue weighted by atomic mass is 35.5. The van der Waals surface area contributed by atoms with E-state index in [0.717, 1.165) is 10.5 Å². The van der Waals surface area contributed by atoms with Crippen LogP contribution in [0.1, 0.15) is 47.1 Å². The number of rotatable bonds is 4. The molecule has 2 heterocycles. The number of carbonyl (C=O) groups excluding carboxylic acids is 2. The number of carbonyl (C=O) groups is 2. The van der Waals surface area contributed by atoms with Gasteiger partial charge in [-0.2, -0.15) is 0 Å². The topological polar surface area (TPSA) is 109 Å². The number of anilines is 2. The average Bonchev–Trinajstić information content (AvgIpc) is 3.01. The summed E-state index contributed by atoms with van der Waals surface area (Å²) in [4.78, 5) is 34.6. The molecule has 8 nitrogen and oxygen atoms in total. The zero-order valence-corrected chi connectivity index (χ0v) is 19.0. The summed E-state index contributed by atoms with van der Waals surface area (Å²) >= 11 is 6.19. The fourth-order valence-electron chi connectivity index (χ4n) is 3.39. The second-order valence-corrected chi connectivity index (χ2v) is 10.4. The lowest BCUT2D eigenvalue weighted by molar-refractivity contribution is 0.0926. The third-order valence-electron chi connectivity index (χ3n) is 5.07. The van der Waals surface area contributed by atoms with Gasteiger partial charge < -0.3 is 0 Å². The Morgan fingerprint density at radius 1 is 0.906 bits per heavy atom. The lowest BCUT2D eigenvalue weighted by Crippen LogP contribution is -2.29. The zero-order chi connectivity index (χ0) is 23.3. The summed E-state index contributed by atoms with van der Waals surface area (Å²) in [7, 11) is -4.03. The van der Waals surface area contributed by atoms with Gasteiger partial charge in [-0.25, -0.2) is 23.3 Å². The number of benzene rings is 2. The van der Waals surface area contributed by atoms with Gasteiger partial charge in [-0.15, -0.1) is 0 Å². The number of halogens is 1. The number of hydrogen-bond acceptors (Lipinski definition) is 6. The van der Waals surface area contributed by atoms with Gasteiger partial charge in [0.15, 0.2) is 0 Å². The highest BCUT2D eigenvalue weighted by molar-refractivity contribution is 7.92. The molecule has 0 fully saturated rings. The van der Waals surface area contributed by atoms with Crippen LogP contribution in [0.4, 0.5) is 11.4 Å². The van der Waals surface area contributed by atoms with E-state index in [9.17, 15) is 18.0 Å². The maximum Gasteiger partial charge on any atom is 0.268 e. The van der Waals surface area contributed by atoms with Gasteiger partial charge in [-0.05, 0) is 35.2 Å². The molecule has 1 aliphatic heterocycles. The molecule has 2 amide bonds. The number of fused-ring (bicyclic) bond motifs is 1. The fourth-order valence-corrected chi connectivity index (χ4v) is 4.70. The largest absolute Gasteiger partial charge is 0.279 e. The minimum Gasteiger partial charge on any atom is -0.279 e. The van der Waals surface area contributed by atoms with Crippen molar-refractivity contribution >= 4 is 44.8 Å². The Morgan fingerprint density at radius 3 is 2.09 bits per heavy atom. The van der Waals surface area contributed by atoms with Crippen LogP contribution in [0.5, 0.6) is 0 Å². The summed E-state index contributed by atoms with van der Waals surface area (Å²) in [5.74, 6) is -1.40. The summed E-state index contributed by atoms with van der Waals surface area (Å²) in [5.41, 5.74) is 0.753. The minimum absolute atomic E-state index is 0.0271. The number of hydrogen-bond donors (Lipinski definition) is 1. The fraction of sp³-hybridized carbons (Fsp3) is 0.182. The monoisotopic (exact) mass is 470 g/mol. The van der Waals surface area contributed by atoms with E-state index in [1.807, 2.05) is 20.8 Å². The molecule has 4 rings (SSSR count). The van der Waals surface area contributed by atoms with Crippen molar-refractivity contribution in [3.63, 3.8) is 0 Å². The molecule has 10 heteroatoms. The van der Waals surface area contributed by atoms with Crippen molar-refractivity contribution in [1.82, 2.24) is 9.97 Å². The van der Waals surface area contributed by atoms with Crippen LogP contribution in [0.3, 0.4) is 0 Å². The summed E-state index contributed by atoms with van der Waals surface area (Å²) < 4.78 is 28.5. The first-order valence-corrected chi connectivity index (χ1v) is 11.5. The van der Waals surface area contributed by atoms with Crippen molar-refractivity contribution in [2.75, 3.05) is 9.62 Å². The highest BCUT2D eigenvalue weighted by Gasteiger charge is 2.41. The maximum atomic E-state index is 13.1. The Morgan fingerprint density at radius 2 is 1.50 bits per heavy atom. The molecular formula is C22H19ClN4O4S. The molecule has 1 aliphatic rings. The normalized spacial score (nSPS) is 13.9. The lowest BCUT2D eigenvalue weighted by atomic mass is 9.87. The van der Waals surface area contributed by atoms with E-state index in [4.69, 9.17) is 11.6 Å². The molecule has 3 aromatic rings. The quantitative estimate of drug-likeness (QED) is 0.576. The first kappa shape index (κ1) is 21.9. The van der Waals surface area contributed by atoms with E-state index < -0.39 is 21.8 Å². The smallest absolute Gasteiger partial charge is 0.268 e. The van der Waals surface area contributed by atoms with Gasteiger partial charge in [-0.3, -0.25) is 14.3 Å². The number of nitrogens with one attached hydrogen (secondary N) is 1. The Hall–Kier alpha value is -3.30. The molecular weight excluding hydrogens is 452 g/mol. The summed E-state index contributed by atoms with van der Waals surface area (Å²) in [6.07, 6.45) is 3.88. The van der Waals surface area contributed by atoms with Crippen LogP contribution >= 0.6 is 11.6 Å². The van der Waals surface area contributed by atoms with Crippen molar-refractivity contribution in [2.45, 2.75) is 31.1 Å². The average molecular weight is 471 g/mol. The Kier molecular flexibility index (Phi) is 5.26. The first-order chi connectivity index (χ1) is 15.0. The van der Waals surface area contributed by atoms with Crippen LogP contribution in [-0.4, -0.2) is 30.2 Å². The van der Waals surface area contributed by atoms with Crippen molar-refractivity contribution in [3.05, 3.63) is 76.8 Å². The third-order valence-corrected chi connectivity index (χ3v) is 6.76. The molecule has 0 saturated carbocycles. The Bertz CT molecular complexity index is 1330. The van der Waals surface area contributed by atoms with E-state index in [2.05, 4.69) is 14.7 Å². The van der Waals surface area contributed by atoms with Crippen molar-refractivity contribution in [2.24, 2.45) is 0 Å². The van der Waals surface area contributed by atoms with Crippen molar-refractivity contribution in [3.8, 4) is 0 Å². The third kappa shape index (κ3) is 3.74. The number of aromatic nitrogens is 2. The van der Waals surface area contributed by atoms with Crippen molar-refractivity contribution < 1.29 is 18.0 Å². The second kappa shape index (κ2) is 7.68. The van der Waals surface area contributed by atoms with Crippen LogP contribution in [0.25, 0.3) is 0 Å². The molecule has 2 aromatic carbocycles. The zero-order valence-electron chi connectivity index (χ0n) is 17.5. The number of sulfonamides is 1. The lowest BCUT2D eigenvalue weighted by Gasteiger charge is -2.19. The van der Waals surface area contributed by atoms with Gasteiger partial charge in [-0.1, -0.05) is 44.5 Å². The predicted octanol–water partition coefficient (Wildman–Crippen LogP) is 4.03. The Balaban J connectivity index is 1.74. The molecule has 1 N–H and O–H groups in total. The highest BCUT2D eigenvalue weighted by Crippen LogP contribution is 2.37. The molecule has 32 heavy (non-hydrogen) atoms. The molecule has 0 aliphatic carbocycles. The second-order valence-electron chi connectivity index (χ2n) is 8.27. The van der Waals surface area contributed by atoms with Crippen LogP contribution in [0.15, 0.2) is 60.0 Å². The molecule has 0 atom stereocenters. The van der Waals surface area contributed by atoms with E-state index in [1.165, 1.54) is 43.0 Å². The molecule has 1 aromatic heterocycles. The summed E-state index contributed by atoms with van der Waals surface area (Å²) in [5, 5.41) is 0.0372. The predicted molar refractivity (Wildman–Crippen MR) is 121 cm³/mol. The van der Waals surface area contributed by atoms with E-state index in [0.29, 0.717) is 0 Å². The van der Waals surface area contributed by atoms with Gasteiger partial charge in [0.25, 0.3) is 21.8 Å². The minimum atomic E-state index is -4.03. The van der Waals surface area contributed by atoms with E-state index in [1.54, 1.807) is 12.1 Å². The van der Waals surface area contributed by atoms with E-state index in [-0.39, 0.29) is 37.8 Å². The molecule has 164 valence electrons. The van der Waals surface area contributed by atoms with Crippen LogP contribution in [0, 0.1) is 0 Å². The number of nitrogens with zero attached hydrogens (tertiary/aromatic N) is 3. The summed E-state index contributed by atoms with van der Waals surface area (Å²) in [6.45, 7) is 6.08. The number of imide groups is 1. The van der Waals surface area contributed by atoms with Gasteiger partial charge in [0.2, 0.25) is 0 Å².